The number of rotatable bonds is 3. The lowest BCUT2D eigenvalue weighted by Crippen LogP contribution is -2.22. The second-order valence-electron chi connectivity index (χ2n) is 4.96. The molecule has 0 fully saturated rings. The number of nitriles is 1. The van der Waals surface area contributed by atoms with Crippen molar-refractivity contribution in [1.29, 1.82) is 5.26 Å². The predicted molar refractivity (Wildman–Crippen MR) is 82.4 cm³/mol. The first-order valence-electron chi connectivity index (χ1n) is 6.95. The number of aromatic nitrogens is 2. The third-order valence-electron chi connectivity index (χ3n) is 3.40. The second kappa shape index (κ2) is 6.08. The van der Waals surface area contributed by atoms with Crippen LogP contribution >= 0.6 is 0 Å². The lowest BCUT2D eigenvalue weighted by Gasteiger charge is -2.26. The van der Waals surface area contributed by atoms with Gasteiger partial charge in [-0.15, -0.1) is 0 Å². The summed E-state index contributed by atoms with van der Waals surface area (Å²) < 4.78 is 39.9. The molecule has 0 radical (unpaired) electrons. The molecule has 0 amide bonds. The molecule has 24 heavy (non-hydrogen) atoms. The van der Waals surface area contributed by atoms with Gasteiger partial charge in [-0.2, -0.15) is 18.4 Å². The van der Waals surface area contributed by atoms with Crippen molar-refractivity contribution in [2.24, 2.45) is 0 Å². The van der Waals surface area contributed by atoms with E-state index in [-0.39, 0.29) is 0 Å². The zero-order valence-electron chi connectivity index (χ0n) is 12.3. The number of nitrogens with zero attached hydrogens (tertiary/aromatic N) is 4. The Morgan fingerprint density at radius 2 is 1.54 bits per heavy atom. The molecule has 0 saturated heterocycles. The van der Waals surface area contributed by atoms with Crippen LogP contribution in [0.4, 0.5) is 24.5 Å². The summed E-state index contributed by atoms with van der Waals surface area (Å²) in [6, 6.07) is 13.6. The summed E-state index contributed by atoms with van der Waals surface area (Å²) in [5, 5.41) is 10.6. The molecule has 0 bridgehead atoms. The minimum Gasteiger partial charge on any atom is -0.249 e. The van der Waals surface area contributed by atoms with E-state index in [2.05, 4.69) is 4.98 Å². The summed E-state index contributed by atoms with van der Waals surface area (Å²) in [7, 11) is 0. The van der Waals surface area contributed by atoms with Crippen LogP contribution in [0.3, 0.4) is 0 Å². The molecule has 0 atom stereocenters. The molecule has 0 spiro atoms. The van der Waals surface area contributed by atoms with Crippen LogP contribution in [0.1, 0.15) is 11.1 Å². The van der Waals surface area contributed by atoms with E-state index >= 15 is 0 Å². The Labute approximate surface area is 136 Å². The number of alkyl halides is 3. The molecule has 0 aliphatic rings. The third kappa shape index (κ3) is 3.08. The number of imidazole rings is 1. The monoisotopic (exact) mass is 328 g/mol. The van der Waals surface area contributed by atoms with Crippen molar-refractivity contribution in [2.75, 3.05) is 5.01 Å². The fraction of sp³-hybridized carbons (Fsp3) is 0.0588. The molecule has 1 aromatic heterocycles. The van der Waals surface area contributed by atoms with Crippen molar-refractivity contribution in [3.8, 4) is 6.07 Å². The topological polar surface area (TPSA) is 44.9 Å². The normalized spacial score (nSPS) is 11.1. The van der Waals surface area contributed by atoms with Crippen LogP contribution < -0.4 is 5.01 Å². The number of halogens is 3. The van der Waals surface area contributed by atoms with Gasteiger partial charge in [-0.3, -0.25) is 0 Å². The van der Waals surface area contributed by atoms with Crippen LogP contribution in [0.15, 0.2) is 67.3 Å². The Hall–Kier alpha value is -3.27. The van der Waals surface area contributed by atoms with Crippen LogP contribution in [-0.2, 0) is 6.18 Å². The lowest BCUT2D eigenvalue weighted by molar-refractivity contribution is -0.137. The molecule has 0 aliphatic heterocycles. The maximum absolute atomic E-state index is 12.7. The molecule has 3 rings (SSSR count). The van der Waals surface area contributed by atoms with Gasteiger partial charge in [-0.25, -0.2) is 14.7 Å². The average molecular weight is 328 g/mol. The predicted octanol–water partition coefficient (Wildman–Crippen LogP) is 4.37. The highest BCUT2D eigenvalue weighted by Crippen LogP contribution is 2.32. The fourth-order valence-electron chi connectivity index (χ4n) is 2.25. The highest BCUT2D eigenvalue weighted by atomic mass is 19.4. The van der Waals surface area contributed by atoms with Gasteiger partial charge >= 0.3 is 6.18 Å². The average Bonchev–Trinajstić information content (AvgIpc) is 3.09. The van der Waals surface area contributed by atoms with Gasteiger partial charge in [0.25, 0.3) is 0 Å². The molecule has 3 aromatic rings. The first-order valence-corrected chi connectivity index (χ1v) is 6.95. The Kier molecular flexibility index (Phi) is 3.96. The summed E-state index contributed by atoms with van der Waals surface area (Å²) in [5.41, 5.74) is 1.01. The van der Waals surface area contributed by atoms with Crippen molar-refractivity contribution >= 4 is 11.4 Å². The van der Waals surface area contributed by atoms with Crippen LogP contribution in [0.25, 0.3) is 0 Å². The maximum Gasteiger partial charge on any atom is 0.416 e. The molecule has 1 heterocycles. The number of hydrogen-bond acceptors (Lipinski definition) is 3. The zero-order valence-corrected chi connectivity index (χ0v) is 12.3. The molecule has 0 N–H and O–H groups in total. The van der Waals surface area contributed by atoms with Crippen LogP contribution in [-0.4, -0.2) is 9.66 Å². The van der Waals surface area contributed by atoms with Crippen molar-refractivity contribution in [3.05, 3.63) is 78.4 Å². The first kappa shape index (κ1) is 15.6. The highest BCUT2D eigenvalue weighted by molar-refractivity contribution is 5.63. The summed E-state index contributed by atoms with van der Waals surface area (Å²) in [5.74, 6) is 0. The molecule has 0 saturated carbocycles. The molecule has 120 valence electrons. The molecular formula is C17H11F3N4. The maximum atomic E-state index is 12.7. The Morgan fingerprint density at radius 1 is 0.958 bits per heavy atom. The molecule has 0 aliphatic carbocycles. The Morgan fingerprint density at radius 3 is 2.00 bits per heavy atom. The molecule has 2 aromatic carbocycles. The molecule has 0 unspecified atom stereocenters. The summed E-state index contributed by atoms with van der Waals surface area (Å²) >= 11 is 0. The molecule has 4 nitrogen and oxygen atoms in total. The van der Waals surface area contributed by atoms with Gasteiger partial charge in [0.15, 0.2) is 0 Å². The van der Waals surface area contributed by atoms with Gasteiger partial charge in [0.1, 0.15) is 6.33 Å². The van der Waals surface area contributed by atoms with Crippen molar-refractivity contribution < 1.29 is 13.2 Å². The van der Waals surface area contributed by atoms with E-state index in [1.807, 2.05) is 6.07 Å². The van der Waals surface area contributed by atoms with Gasteiger partial charge < -0.3 is 0 Å². The van der Waals surface area contributed by atoms with E-state index in [9.17, 15) is 13.2 Å². The van der Waals surface area contributed by atoms with E-state index < -0.39 is 11.7 Å². The van der Waals surface area contributed by atoms with Gasteiger partial charge in [-0.1, -0.05) is 0 Å². The molecule has 7 heteroatoms. The second-order valence-corrected chi connectivity index (χ2v) is 4.96. The van der Waals surface area contributed by atoms with Crippen LogP contribution in [0, 0.1) is 11.3 Å². The SMILES string of the molecule is N#Cc1ccc(N(c2ccc(C(F)(F)F)cc2)n2ccnc2)cc1. The van der Waals surface area contributed by atoms with Crippen molar-refractivity contribution in [1.82, 2.24) is 9.66 Å². The van der Waals surface area contributed by atoms with E-state index in [1.54, 1.807) is 46.3 Å². The van der Waals surface area contributed by atoms with E-state index in [0.717, 1.165) is 12.1 Å². The largest absolute Gasteiger partial charge is 0.416 e. The Balaban J connectivity index is 2.04. The summed E-state index contributed by atoms with van der Waals surface area (Å²) in [4.78, 5) is 3.97. The van der Waals surface area contributed by atoms with E-state index in [0.29, 0.717) is 16.9 Å². The third-order valence-corrected chi connectivity index (χ3v) is 3.40. The smallest absolute Gasteiger partial charge is 0.249 e. The number of hydrogen-bond donors (Lipinski definition) is 0. The fourth-order valence-corrected chi connectivity index (χ4v) is 2.25. The van der Waals surface area contributed by atoms with Gasteiger partial charge in [0.05, 0.1) is 28.6 Å². The van der Waals surface area contributed by atoms with E-state index in [1.165, 1.54) is 18.5 Å². The van der Waals surface area contributed by atoms with Crippen LogP contribution in [0.2, 0.25) is 0 Å². The quantitative estimate of drug-likeness (QED) is 0.717. The lowest BCUT2D eigenvalue weighted by atomic mass is 10.1. The summed E-state index contributed by atoms with van der Waals surface area (Å²) in [6.45, 7) is 0. The first-order chi connectivity index (χ1) is 11.5. The standard InChI is InChI=1S/C17H11F3N4/c18-17(19,20)14-3-7-16(8-4-14)24(23-10-9-22-12-23)15-5-1-13(11-21)2-6-15/h1-10,12H. The summed E-state index contributed by atoms with van der Waals surface area (Å²) in [6.07, 6.45) is 0.402. The zero-order chi connectivity index (χ0) is 17.2. The van der Waals surface area contributed by atoms with Gasteiger partial charge in [0, 0.05) is 12.4 Å². The van der Waals surface area contributed by atoms with Gasteiger partial charge in [-0.05, 0) is 48.5 Å². The van der Waals surface area contributed by atoms with Crippen molar-refractivity contribution in [2.45, 2.75) is 6.18 Å². The Bertz CT molecular complexity index is 845. The molecular weight excluding hydrogens is 317 g/mol. The highest BCUT2D eigenvalue weighted by Gasteiger charge is 2.30. The van der Waals surface area contributed by atoms with Crippen molar-refractivity contribution in [3.63, 3.8) is 0 Å². The minimum absolute atomic E-state index is 0.497. The number of benzene rings is 2. The van der Waals surface area contributed by atoms with E-state index in [4.69, 9.17) is 5.26 Å². The van der Waals surface area contributed by atoms with Crippen LogP contribution in [0.5, 0.6) is 0 Å². The number of anilines is 2. The minimum atomic E-state index is -4.38. The van der Waals surface area contributed by atoms with Gasteiger partial charge in [0.2, 0.25) is 0 Å².